The molecule has 0 bridgehead atoms. The summed E-state index contributed by atoms with van der Waals surface area (Å²) in [5, 5.41) is 6.94. The van der Waals surface area contributed by atoms with E-state index in [1.165, 1.54) is 26.5 Å². The third-order valence-corrected chi connectivity index (χ3v) is 6.11. The van der Waals surface area contributed by atoms with Crippen LogP contribution in [0, 0.1) is 5.82 Å². The van der Waals surface area contributed by atoms with Crippen LogP contribution in [0.15, 0.2) is 71.8 Å². The number of amides is 1. The highest BCUT2D eigenvalue weighted by Crippen LogP contribution is 2.30. The summed E-state index contributed by atoms with van der Waals surface area (Å²) in [5.41, 5.74) is 1.40. The van der Waals surface area contributed by atoms with Crippen LogP contribution in [-0.2, 0) is 31.0 Å². The van der Waals surface area contributed by atoms with Crippen molar-refractivity contribution in [3.05, 3.63) is 117 Å². The maximum atomic E-state index is 14.7. The van der Waals surface area contributed by atoms with Gasteiger partial charge in [0.15, 0.2) is 11.6 Å². The molecule has 0 aliphatic rings. The first-order chi connectivity index (χ1) is 18.8. The molecule has 11 heteroatoms. The number of hydrogen-bond donors (Lipinski definition) is 1. The van der Waals surface area contributed by atoms with Crippen LogP contribution < -0.4 is 15.6 Å². The first kappa shape index (κ1) is 27.6. The Balaban J connectivity index is 1.48. The van der Waals surface area contributed by atoms with E-state index in [4.69, 9.17) is 9.47 Å². The van der Waals surface area contributed by atoms with Crippen molar-refractivity contribution in [2.24, 2.45) is 0 Å². The summed E-state index contributed by atoms with van der Waals surface area (Å²) in [5.74, 6) is -1.76. The molecule has 204 valence electrons. The lowest BCUT2D eigenvalue weighted by atomic mass is 10.1. The SMILES string of the molecule is COCc1nn(Cc2ccc(Cn3ccccc3=O)cc2)cc1C(=O)NCc1c(C(F)F)ccc(OC)c1F. The van der Waals surface area contributed by atoms with Gasteiger partial charge >= 0.3 is 0 Å². The van der Waals surface area contributed by atoms with Gasteiger partial charge in [-0.3, -0.25) is 14.3 Å². The molecule has 1 amide bonds. The van der Waals surface area contributed by atoms with E-state index in [-0.39, 0.29) is 29.0 Å². The fraction of sp³-hybridized carbons (Fsp3) is 0.250. The molecule has 0 aliphatic carbocycles. The van der Waals surface area contributed by atoms with Crippen LogP contribution in [0.25, 0.3) is 0 Å². The first-order valence-electron chi connectivity index (χ1n) is 12.0. The lowest BCUT2D eigenvalue weighted by Crippen LogP contribution is -2.25. The Labute approximate surface area is 222 Å². The van der Waals surface area contributed by atoms with Crippen LogP contribution in [0.1, 0.15) is 44.7 Å². The molecule has 0 fully saturated rings. The molecule has 8 nitrogen and oxygen atoms in total. The molecule has 0 radical (unpaired) electrons. The molecule has 4 rings (SSSR count). The molecule has 1 N–H and O–H groups in total. The molecular weight excluding hydrogens is 513 g/mol. The maximum Gasteiger partial charge on any atom is 0.264 e. The van der Waals surface area contributed by atoms with E-state index in [2.05, 4.69) is 10.4 Å². The van der Waals surface area contributed by atoms with E-state index in [0.717, 1.165) is 23.3 Å². The molecular formula is C28H27F3N4O4. The predicted octanol–water partition coefficient (Wildman–Crippen LogP) is 4.30. The topological polar surface area (TPSA) is 87.4 Å². The number of ether oxygens (including phenoxy) is 2. The average molecular weight is 541 g/mol. The van der Waals surface area contributed by atoms with Crippen molar-refractivity contribution < 1.29 is 27.4 Å². The van der Waals surface area contributed by atoms with Crippen LogP contribution >= 0.6 is 0 Å². The summed E-state index contributed by atoms with van der Waals surface area (Å²) < 4.78 is 54.8. The van der Waals surface area contributed by atoms with Crippen molar-refractivity contribution in [2.75, 3.05) is 14.2 Å². The Morgan fingerprint density at radius 1 is 1.03 bits per heavy atom. The summed E-state index contributed by atoms with van der Waals surface area (Å²) in [6.07, 6.45) is 0.321. The molecule has 4 aromatic rings. The van der Waals surface area contributed by atoms with Crippen LogP contribution in [-0.4, -0.2) is 34.5 Å². The van der Waals surface area contributed by atoms with Crippen LogP contribution in [0.5, 0.6) is 5.75 Å². The normalized spacial score (nSPS) is 11.1. The van der Waals surface area contributed by atoms with Gasteiger partial charge in [0, 0.05) is 43.2 Å². The quantitative estimate of drug-likeness (QED) is 0.307. The van der Waals surface area contributed by atoms with Gasteiger partial charge in [0.1, 0.15) is 5.69 Å². The fourth-order valence-electron chi connectivity index (χ4n) is 4.12. The Hall–Kier alpha value is -4.38. The van der Waals surface area contributed by atoms with Gasteiger partial charge in [-0.1, -0.05) is 30.3 Å². The molecule has 2 aromatic heterocycles. The highest BCUT2D eigenvalue weighted by molar-refractivity contribution is 5.95. The smallest absolute Gasteiger partial charge is 0.264 e. The van der Waals surface area contributed by atoms with E-state index in [1.54, 1.807) is 27.6 Å². The summed E-state index contributed by atoms with van der Waals surface area (Å²) in [7, 11) is 2.68. The number of aromatic nitrogens is 3. The number of carbonyl (C=O) groups excluding carboxylic acids is 1. The zero-order valence-corrected chi connectivity index (χ0v) is 21.4. The number of rotatable bonds is 11. The molecule has 39 heavy (non-hydrogen) atoms. The zero-order valence-electron chi connectivity index (χ0n) is 21.4. The predicted molar refractivity (Wildman–Crippen MR) is 137 cm³/mol. The molecule has 0 unspecified atom stereocenters. The highest BCUT2D eigenvalue weighted by Gasteiger charge is 2.22. The number of alkyl halides is 2. The zero-order chi connectivity index (χ0) is 27.9. The fourth-order valence-corrected chi connectivity index (χ4v) is 4.12. The minimum absolute atomic E-state index is 0.0380. The Morgan fingerprint density at radius 3 is 2.38 bits per heavy atom. The van der Waals surface area contributed by atoms with E-state index >= 15 is 0 Å². The van der Waals surface area contributed by atoms with Crippen molar-refractivity contribution in [3.8, 4) is 5.75 Å². The largest absolute Gasteiger partial charge is 0.494 e. The molecule has 0 saturated heterocycles. The molecule has 0 atom stereocenters. The Bertz CT molecular complexity index is 1500. The molecule has 0 saturated carbocycles. The monoisotopic (exact) mass is 540 g/mol. The lowest BCUT2D eigenvalue weighted by molar-refractivity contribution is 0.0943. The molecule has 2 heterocycles. The van der Waals surface area contributed by atoms with Crippen molar-refractivity contribution in [2.45, 2.75) is 32.7 Å². The second-order valence-corrected chi connectivity index (χ2v) is 8.74. The number of pyridine rings is 1. The van der Waals surface area contributed by atoms with Crippen LogP contribution in [0.4, 0.5) is 13.2 Å². The van der Waals surface area contributed by atoms with Gasteiger partial charge in [-0.25, -0.2) is 13.2 Å². The van der Waals surface area contributed by atoms with Crippen molar-refractivity contribution in [1.29, 1.82) is 0 Å². The van der Waals surface area contributed by atoms with Crippen molar-refractivity contribution in [1.82, 2.24) is 19.7 Å². The van der Waals surface area contributed by atoms with Crippen molar-refractivity contribution >= 4 is 5.91 Å². The highest BCUT2D eigenvalue weighted by atomic mass is 19.3. The first-order valence-corrected chi connectivity index (χ1v) is 12.0. The number of nitrogens with one attached hydrogen (secondary N) is 1. The number of methoxy groups -OCH3 is 2. The summed E-state index contributed by atoms with van der Waals surface area (Å²) in [6, 6.07) is 14.8. The number of hydrogen-bond acceptors (Lipinski definition) is 5. The van der Waals surface area contributed by atoms with Gasteiger partial charge in [0.25, 0.3) is 17.9 Å². The summed E-state index contributed by atoms with van der Waals surface area (Å²) >= 11 is 0. The minimum Gasteiger partial charge on any atom is -0.494 e. The van der Waals surface area contributed by atoms with Crippen molar-refractivity contribution in [3.63, 3.8) is 0 Å². The van der Waals surface area contributed by atoms with Gasteiger partial charge in [-0.2, -0.15) is 5.10 Å². The molecule has 0 aliphatic heterocycles. The minimum atomic E-state index is -2.93. The van der Waals surface area contributed by atoms with E-state index < -0.39 is 30.3 Å². The summed E-state index contributed by atoms with van der Waals surface area (Å²) in [6.45, 7) is 0.349. The van der Waals surface area contributed by atoms with Gasteiger partial charge in [-0.15, -0.1) is 0 Å². The van der Waals surface area contributed by atoms with Crippen LogP contribution in [0.3, 0.4) is 0 Å². The molecule has 0 spiro atoms. The van der Waals surface area contributed by atoms with E-state index in [1.807, 2.05) is 24.3 Å². The van der Waals surface area contributed by atoms with Crippen LogP contribution in [0.2, 0.25) is 0 Å². The van der Waals surface area contributed by atoms with Gasteiger partial charge in [0.2, 0.25) is 0 Å². The van der Waals surface area contributed by atoms with E-state index in [9.17, 15) is 22.8 Å². The summed E-state index contributed by atoms with van der Waals surface area (Å²) in [4.78, 5) is 24.9. The Kier molecular flexibility index (Phi) is 8.82. The average Bonchev–Trinajstić information content (AvgIpc) is 3.32. The number of halogens is 3. The Morgan fingerprint density at radius 2 is 1.74 bits per heavy atom. The third kappa shape index (κ3) is 6.55. The third-order valence-electron chi connectivity index (χ3n) is 6.11. The number of carbonyl (C=O) groups is 1. The standard InChI is InChI=1S/C28H27F3N4O4/c1-38-17-23-22(28(37)32-13-21-20(27(30)31)10-11-24(39-2)26(21)29)16-35(33-23)15-19-8-6-18(7-9-19)14-34-12-4-3-5-25(34)36/h3-12,16,27H,13-15,17H2,1-2H3,(H,32,37). The number of nitrogens with zero attached hydrogens (tertiary/aromatic N) is 3. The molecule has 2 aromatic carbocycles. The van der Waals surface area contributed by atoms with E-state index in [0.29, 0.717) is 18.8 Å². The van der Waals surface area contributed by atoms with Gasteiger partial charge in [-0.05, 0) is 29.3 Å². The second-order valence-electron chi connectivity index (χ2n) is 8.74. The second kappa shape index (κ2) is 12.4. The van der Waals surface area contributed by atoms with Gasteiger partial charge < -0.3 is 19.4 Å². The number of benzene rings is 2. The van der Waals surface area contributed by atoms with Gasteiger partial charge in [0.05, 0.1) is 32.4 Å². The maximum absolute atomic E-state index is 14.7. The lowest BCUT2D eigenvalue weighted by Gasteiger charge is -2.13.